The number of carbonyl (C=O) groups is 1. The Morgan fingerprint density at radius 3 is 3.08 bits per heavy atom. The minimum absolute atomic E-state index is 0.330. The largest absolute Gasteiger partial charge is 0.465 e. The molecule has 0 atom stereocenters. The summed E-state index contributed by atoms with van der Waals surface area (Å²) in [6.45, 7) is 0. The van der Waals surface area contributed by atoms with Crippen LogP contribution in [-0.2, 0) is 4.74 Å². The fraction of sp³-hybridized carbons (Fsp3) is 0.125. The van der Waals surface area contributed by atoms with Crippen molar-refractivity contribution in [2.75, 3.05) is 7.11 Å². The fourth-order valence-electron chi connectivity index (χ4n) is 0.998. The minimum Gasteiger partial charge on any atom is -0.465 e. The average Bonchev–Trinajstić information content (AvgIpc) is 2.67. The van der Waals surface area contributed by atoms with E-state index in [1.54, 1.807) is 12.3 Å². The molecule has 0 fully saturated rings. The predicted molar refractivity (Wildman–Crippen MR) is 53.1 cm³/mol. The molecule has 13 heavy (non-hydrogen) atoms. The Hall–Kier alpha value is -0.810. The first-order valence-corrected chi connectivity index (χ1v) is 5.08. The van der Waals surface area contributed by atoms with E-state index in [0.29, 0.717) is 10.5 Å². The summed E-state index contributed by atoms with van der Waals surface area (Å²) in [7, 11) is 1.36. The maximum Gasteiger partial charge on any atom is 0.348 e. The molecule has 68 valence electrons. The summed E-state index contributed by atoms with van der Waals surface area (Å²) in [6.07, 6.45) is 1.60. The van der Waals surface area contributed by atoms with Gasteiger partial charge in [0.2, 0.25) is 0 Å². The molecule has 0 aromatic carbocycles. The van der Waals surface area contributed by atoms with Gasteiger partial charge in [-0.3, -0.25) is 0 Å². The predicted octanol–water partition coefficient (Wildman–Crippen LogP) is 3.04. The van der Waals surface area contributed by atoms with Crippen molar-refractivity contribution in [1.82, 2.24) is 0 Å². The van der Waals surface area contributed by atoms with E-state index >= 15 is 0 Å². The highest BCUT2D eigenvalue weighted by Crippen LogP contribution is 2.33. The highest BCUT2D eigenvalue weighted by atomic mass is 79.9. The second-order valence-electron chi connectivity index (χ2n) is 2.38. The van der Waals surface area contributed by atoms with Crippen LogP contribution in [0.3, 0.4) is 0 Å². The Labute approximate surface area is 86.4 Å². The van der Waals surface area contributed by atoms with Gasteiger partial charge in [0.15, 0.2) is 0 Å². The van der Waals surface area contributed by atoms with E-state index in [1.807, 2.05) is 0 Å². The topological polar surface area (TPSA) is 39.4 Å². The highest BCUT2D eigenvalue weighted by molar-refractivity contribution is 9.10. The van der Waals surface area contributed by atoms with Gasteiger partial charge in [-0.15, -0.1) is 11.3 Å². The van der Waals surface area contributed by atoms with Gasteiger partial charge in [-0.1, -0.05) is 0 Å². The van der Waals surface area contributed by atoms with E-state index in [0.717, 1.165) is 9.17 Å². The van der Waals surface area contributed by atoms with Crippen molar-refractivity contribution < 1.29 is 13.9 Å². The zero-order valence-corrected chi connectivity index (χ0v) is 9.07. The lowest BCUT2D eigenvalue weighted by molar-refractivity contribution is 0.0606. The standard InChI is InChI=1S/C8H5BrO3S/c1-11-8(10)6-2-5-7(13-6)4(9)3-12-5/h2-3H,1H3. The molecule has 2 aromatic rings. The first kappa shape index (κ1) is 8.77. The van der Waals surface area contributed by atoms with Crippen LogP contribution in [0.5, 0.6) is 0 Å². The van der Waals surface area contributed by atoms with Gasteiger partial charge < -0.3 is 9.15 Å². The number of methoxy groups -OCH3 is 1. The number of esters is 1. The Kier molecular flexibility index (Phi) is 2.13. The zero-order chi connectivity index (χ0) is 9.42. The summed E-state index contributed by atoms with van der Waals surface area (Å²) in [4.78, 5) is 11.7. The summed E-state index contributed by atoms with van der Waals surface area (Å²) >= 11 is 4.66. The number of carbonyl (C=O) groups excluding carboxylic acids is 1. The van der Waals surface area contributed by atoms with E-state index in [2.05, 4.69) is 20.7 Å². The lowest BCUT2D eigenvalue weighted by Gasteiger charge is -1.90. The third kappa shape index (κ3) is 1.38. The number of hydrogen-bond acceptors (Lipinski definition) is 4. The molecule has 5 heteroatoms. The SMILES string of the molecule is COC(=O)c1cc2occ(Br)c2s1. The van der Waals surface area contributed by atoms with Crippen molar-refractivity contribution in [3.8, 4) is 0 Å². The molecular weight excluding hydrogens is 256 g/mol. The van der Waals surface area contributed by atoms with Gasteiger partial charge in [0.05, 0.1) is 16.3 Å². The normalized spacial score (nSPS) is 10.6. The van der Waals surface area contributed by atoms with Gasteiger partial charge in [-0.05, 0) is 15.9 Å². The van der Waals surface area contributed by atoms with Crippen molar-refractivity contribution in [2.45, 2.75) is 0 Å². The van der Waals surface area contributed by atoms with Crippen LogP contribution in [0.2, 0.25) is 0 Å². The van der Waals surface area contributed by atoms with Gasteiger partial charge in [0.1, 0.15) is 16.7 Å². The van der Waals surface area contributed by atoms with Crippen LogP contribution in [0, 0.1) is 0 Å². The molecule has 0 aliphatic carbocycles. The molecule has 0 bridgehead atoms. The molecule has 0 aliphatic heterocycles. The van der Waals surface area contributed by atoms with E-state index in [1.165, 1.54) is 18.4 Å². The summed E-state index contributed by atoms with van der Waals surface area (Å²) in [6, 6.07) is 1.68. The number of hydrogen-bond donors (Lipinski definition) is 0. The minimum atomic E-state index is -0.330. The van der Waals surface area contributed by atoms with Crippen LogP contribution >= 0.6 is 27.3 Å². The van der Waals surface area contributed by atoms with Gasteiger partial charge in [-0.25, -0.2) is 4.79 Å². The van der Waals surface area contributed by atoms with Crippen LogP contribution in [-0.4, -0.2) is 13.1 Å². The molecule has 2 aromatic heterocycles. The maximum absolute atomic E-state index is 11.1. The fourth-order valence-corrected chi connectivity index (χ4v) is 2.44. The Morgan fingerprint density at radius 2 is 2.46 bits per heavy atom. The van der Waals surface area contributed by atoms with Crippen molar-refractivity contribution in [3.05, 3.63) is 21.7 Å². The number of ether oxygens (including phenoxy) is 1. The highest BCUT2D eigenvalue weighted by Gasteiger charge is 2.14. The zero-order valence-electron chi connectivity index (χ0n) is 6.67. The number of furan rings is 1. The third-order valence-electron chi connectivity index (χ3n) is 1.59. The van der Waals surface area contributed by atoms with E-state index in [9.17, 15) is 4.79 Å². The lowest BCUT2D eigenvalue weighted by Crippen LogP contribution is -1.96. The first-order valence-electron chi connectivity index (χ1n) is 3.47. The molecule has 2 heterocycles. The van der Waals surface area contributed by atoms with E-state index in [-0.39, 0.29) is 5.97 Å². The summed E-state index contributed by atoms with van der Waals surface area (Å²) in [5.74, 6) is -0.330. The van der Waals surface area contributed by atoms with Crippen molar-refractivity contribution in [3.63, 3.8) is 0 Å². The molecule has 0 saturated carbocycles. The van der Waals surface area contributed by atoms with Crippen molar-refractivity contribution >= 4 is 43.5 Å². The number of fused-ring (bicyclic) bond motifs is 1. The van der Waals surface area contributed by atoms with Gasteiger partial charge in [-0.2, -0.15) is 0 Å². The molecule has 3 nitrogen and oxygen atoms in total. The van der Waals surface area contributed by atoms with E-state index < -0.39 is 0 Å². The Bertz CT molecular complexity index is 457. The van der Waals surface area contributed by atoms with Crippen LogP contribution < -0.4 is 0 Å². The number of rotatable bonds is 1. The molecule has 0 amide bonds. The van der Waals surface area contributed by atoms with Gasteiger partial charge in [0, 0.05) is 6.07 Å². The van der Waals surface area contributed by atoms with Crippen LogP contribution in [0.15, 0.2) is 21.2 Å². The number of thiophene rings is 1. The monoisotopic (exact) mass is 260 g/mol. The molecule has 0 unspecified atom stereocenters. The smallest absolute Gasteiger partial charge is 0.348 e. The van der Waals surface area contributed by atoms with E-state index in [4.69, 9.17) is 4.42 Å². The van der Waals surface area contributed by atoms with Crippen molar-refractivity contribution in [2.24, 2.45) is 0 Å². The molecule has 0 saturated heterocycles. The number of halogens is 1. The van der Waals surface area contributed by atoms with Crippen LogP contribution in [0.25, 0.3) is 10.3 Å². The molecule has 0 spiro atoms. The molecule has 0 aliphatic rings. The first-order chi connectivity index (χ1) is 6.22. The molecule has 2 rings (SSSR count). The third-order valence-corrected chi connectivity index (χ3v) is 3.57. The quantitative estimate of drug-likeness (QED) is 0.740. The Balaban J connectivity index is 2.56. The summed E-state index contributed by atoms with van der Waals surface area (Å²) in [5, 5.41) is 0. The maximum atomic E-state index is 11.1. The molecule has 0 N–H and O–H groups in total. The van der Waals surface area contributed by atoms with Crippen LogP contribution in [0.4, 0.5) is 0 Å². The molecular formula is C8H5BrO3S. The summed E-state index contributed by atoms with van der Waals surface area (Å²) in [5.41, 5.74) is 0.706. The average molecular weight is 261 g/mol. The Morgan fingerprint density at radius 1 is 1.69 bits per heavy atom. The lowest BCUT2D eigenvalue weighted by atomic mass is 10.4. The molecule has 0 radical (unpaired) electrons. The van der Waals surface area contributed by atoms with Crippen LogP contribution in [0.1, 0.15) is 9.67 Å². The van der Waals surface area contributed by atoms with Gasteiger partial charge >= 0.3 is 5.97 Å². The van der Waals surface area contributed by atoms with Crippen molar-refractivity contribution in [1.29, 1.82) is 0 Å². The van der Waals surface area contributed by atoms with Gasteiger partial charge in [0.25, 0.3) is 0 Å². The summed E-state index contributed by atoms with van der Waals surface area (Å²) < 4.78 is 11.6. The second kappa shape index (κ2) is 3.16. The second-order valence-corrected chi connectivity index (χ2v) is 4.29.